The molecule has 0 unspecified atom stereocenters. The Labute approximate surface area is 106 Å². The molecule has 0 saturated carbocycles. The van der Waals surface area contributed by atoms with Gasteiger partial charge in [0.2, 0.25) is 0 Å². The summed E-state index contributed by atoms with van der Waals surface area (Å²) in [5.74, 6) is 0.128. The number of nitrogens with zero attached hydrogens (tertiary/aromatic N) is 2. The summed E-state index contributed by atoms with van der Waals surface area (Å²) in [6, 6.07) is 6.67. The van der Waals surface area contributed by atoms with Gasteiger partial charge >= 0.3 is 0 Å². The standard InChI is InChI=1S/C11H9BrN4O/c12-7-1-3-9(14-5-7)11(17)16-10-4-2-8(13)6-15-10/h1-6H,13H2,(H,15,16,17). The van der Waals surface area contributed by atoms with Crippen molar-refractivity contribution in [2.45, 2.75) is 0 Å². The zero-order chi connectivity index (χ0) is 12.3. The molecule has 6 heteroatoms. The van der Waals surface area contributed by atoms with Crippen molar-refractivity contribution in [2.24, 2.45) is 0 Å². The second-order valence-electron chi connectivity index (χ2n) is 3.29. The van der Waals surface area contributed by atoms with Crippen LogP contribution < -0.4 is 11.1 Å². The third-order valence-corrected chi connectivity index (χ3v) is 2.46. The predicted molar refractivity (Wildman–Crippen MR) is 68.5 cm³/mol. The van der Waals surface area contributed by atoms with Gasteiger partial charge in [-0.1, -0.05) is 0 Å². The van der Waals surface area contributed by atoms with Crippen molar-refractivity contribution in [3.63, 3.8) is 0 Å². The Morgan fingerprint density at radius 2 is 2.00 bits per heavy atom. The van der Waals surface area contributed by atoms with Crippen molar-refractivity contribution in [3.05, 3.63) is 46.8 Å². The van der Waals surface area contributed by atoms with Gasteiger partial charge in [0, 0.05) is 10.7 Å². The van der Waals surface area contributed by atoms with E-state index in [2.05, 4.69) is 31.2 Å². The minimum absolute atomic E-state index is 0.310. The monoisotopic (exact) mass is 292 g/mol. The van der Waals surface area contributed by atoms with Gasteiger partial charge in [0.25, 0.3) is 5.91 Å². The molecule has 0 saturated heterocycles. The van der Waals surface area contributed by atoms with Crippen LogP contribution in [0.4, 0.5) is 11.5 Å². The molecule has 2 rings (SSSR count). The number of rotatable bonds is 2. The van der Waals surface area contributed by atoms with Gasteiger partial charge < -0.3 is 11.1 Å². The highest BCUT2D eigenvalue weighted by Gasteiger charge is 2.07. The van der Waals surface area contributed by atoms with E-state index in [1.807, 2.05) is 0 Å². The number of nitrogens with one attached hydrogen (secondary N) is 1. The summed E-state index contributed by atoms with van der Waals surface area (Å²) in [5.41, 5.74) is 6.36. The third kappa shape index (κ3) is 3.01. The van der Waals surface area contributed by atoms with E-state index in [9.17, 15) is 4.79 Å². The smallest absolute Gasteiger partial charge is 0.275 e. The van der Waals surface area contributed by atoms with E-state index in [1.54, 1.807) is 30.5 Å². The van der Waals surface area contributed by atoms with Gasteiger partial charge in [-0.15, -0.1) is 0 Å². The Bertz CT molecular complexity index is 524. The molecule has 0 bridgehead atoms. The van der Waals surface area contributed by atoms with Crippen LogP contribution in [0.5, 0.6) is 0 Å². The highest BCUT2D eigenvalue weighted by Crippen LogP contribution is 2.10. The molecule has 0 atom stereocenters. The first-order valence-corrected chi connectivity index (χ1v) is 5.59. The van der Waals surface area contributed by atoms with E-state index in [-0.39, 0.29) is 5.91 Å². The summed E-state index contributed by atoms with van der Waals surface area (Å²) in [6.07, 6.45) is 3.04. The van der Waals surface area contributed by atoms with Crippen LogP contribution in [0.25, 0.3) is 0 Å². The van der Waals surface area contributed by atoms with Gasteiger partial charge in [-0.3, -0.25) is 4.79 Å². The highest BCUT2D eigenvalue weighted by molar-refractivity contribution is 9.10. The van der Waals surface area contributed by atoms with Crippen molar-refractivity contribution >= 4 is 33.3 Å². The quantitative estimate of drug-likeness (QED) is 0.888. The summed E-state index contributed by atoms with van der Waals surface area (Å²) in [6.45, 7) is 0. The molecule has 3 N–H and O–H groups in total. The van der Waals surface area contributed by atoms with Gasteiger partial charge in [0.1, 0.15) is 11.5 Å². The molecule has 2 aromatic rings. The van der Waals surface area contributed by atoms with Gasteiger partial charge in [0.15, 0.2) is 0 Å². The topological polar surface area (TPSA) is 80.9 Å². The van der Waals surface area contributed by atoms with Crippen LogP contribution in [-0.4, -0.2) is 15.9 Å². The molecule has 0 fully saturated rings. The average Bonchev–Trinajstić information content (AvgIpc) is 2.33. The van der Waals surface area contributed by atoms with E-state index in [1.165, 1.54) is 6.20 Å². The van der Waals surface area contributed by atoms with E-state index in [0.717, 1.165) is 4.47 Å². The molecule has 0 aliphatic rings. The van der Waals surface area contributed by atoms with Crippen molar-refractivity contribution in [1.29, 1.82) is 0 Å². The Hall–Kier alpha value is -1.95. The zero-order valence-corrected chi connectivity index (χ0v) is 10.3. The first-order chi connectivity index (χ1) is 8.15. The molecule has 0 spiro atoms. The van der Waals surface area contributed by atoms with Crippen molar-refractivity contribution in [3.8, 4) is 0 Å². The predicted octanol–water partition coefficient (Wildman–Crippen LogP) is 2.07. The second kappa shape index (κ2) is 4.92. The fourth-order valence-electron chi connectivity index (χ4n) is 1.17. The van der Waals surface area contributed by atoms with E-state index in [0.29, 0.717) is 17.2 Å². The number of amides is 1. The SMILES string of the molecule is Nc1ccc(NC(=O)c2ccc(Br)cn2)nc1. The van der Waals surface area contributed by atoms with Gasteiger partial charge in [-0.05, 0) is 40.2 Å². The van der Waals surface area contributed by atoms with Gasteiger partial charge in [-0.25, -0.2) is 9.97 Å². The molecule has 2 heterocycles. The van der Waals surface area contributed by atoms with Crippen LogP contribution in [0.1, 0.15) is 10.5 Å². The summed E-state index contributed by atoms with van der Waals surface area (Å²) in [4.78, 5) is 19.7. The van der Waals surface area contributed by atoms with Crippen molar-refractivity contribution in [1.82, 2.24) is 9.97 Å². The molecule has 0 aromatic carbocycles. The lowest BCUT2D eigenvalue weighted by Crippen LogP contribution is -2.14. The third-order valence-electron chi connectivity index (χ3n) is 1.99. The maximum absolute atomic E-state index is 11.8. The molecule has 17 heavy (non-hydrogen) atoms. The Balaban J connectivity index is 2.11. The summed E-state index contributed by atoms with van der Waals surface area (Å²) < 4.78 is 0.819. The molecule has 86 valence electrons. The maximum Gasteiger partial charge on any atom is 0.275 e. The van der Waals surface area contributed by atoms with Crippen molar-refractivity contribution in [2.75, 3.05) is 11.1 Å². The second-order valence-corrected chi connectivity index (χ2v) is 4.21. The lowest BCUT2D eigenvalue weighted by atomic mass is 10.3. The number of nitrogen functional groups attached to an aromatic ring is 1. The van der Waals surface area contributed by atoms with E-state index >= 15 is 0 Å². The fourth-order valence-corrected chi connectivity index (χ4v) is 1.40. The molecule has 5 nitrogen and oxygen atoms in total. The van der Waals surface area contributed by atoms with Crippen LogP contribution in [0.3, 0.4) is 0 Å². The molecular formula is C11H9BrN4O. The molecule has 0 aliphatic heterocycles. The number of halogens is 1. The van der Waals surface area contributed by atoms with Crippen molar-refractivity contribution < 1.29 is 4.79 Å². The number of pyridine rings is 2. The first kappa shape index (κ1) is 11.5. The van der Waals surface area contributed by atoms with E-state index < -0.39 is 0 Å². The Morgan fingerprint density at radius 3 is 2.59 bits per heavy atom. The minimum Gasteiger partial charge on any atom is -0.397 e. The molecule has 0 radical (unpaired) electrons. The van der Waals surface area contributed by atoms with Crippen LogP contribution in [0, 0.1) is 0 Å². The zero-order valence-electron chi connectivity index (χ0n) is 8.72. The lowest BCUT2D eigenvalue weighted by molar-refractivity contribution is 0.102. The number of aromatic nitrogens is 2. The maximum atomic E-state index is 11.8. The summed E-state index contributed by atoms with van der Waals surface area (Å²) in [5, 5.41) is 2.62. The number of carbonyl (C=O) groups is 1. The number of hydrogen-bond donors (Lipinski definition) is 2. The van der Waals surface area contributed by atoms with Crippen LogP contribution >= 0.6 is 15.9 Å². The minimum atomic E-state index is -0.310. The van der Waals surface area contributed by atoms with Crippen LogP contribution in [0.15, 0.2) is 41.1 Å². The van der Waals surface area contributed by atoms with Gasteiger partial charge in [-0.2, -0.15) is 0 Å². The molecule has 0 aliphatic carbocycles. The average molecular weight is 293 g/mol. The Morgan fingerprint density at radius 1 is 1.18 bits per heavy atom. The number of carbonyl (C=O) groups excluding carboxylic acids is 1. The largest absolute Gasteiger partial charge is 0.397 e. The number of hydrogen-bond acceptors (Lipinski definition) is 4. The summed E-state index contributed by atoms with van der Waals surface area (Å²) >= 11 is 3.25. The molecular weight excluding hydrogens is 284 g/mol. The molecule has 1 amide bonds. The van der Waals surface area contributed by atoms with Gasteiger partial charge in [0.05, 0.1) is 11.9 Å². The normalized spacial score (nSPS) is 9.94. The molecule has 2 aromatic heterocycles. The summed E-state index contributed by atoms with van der Waals surface area (Å²) in [7, 11) is 0. The van der Waals surface area contributed by atoms with E-state index in [4.69, 9.17) is 5.73 Å². The first-order valence-electron chi connectivity index (χ1n) is 4.79. The number of anilines is 2. The fraction of sp³-hybridized carbons (Fsp3) is 0. The van der Waals surface area contributed by atoms with Crippen LogP contribution in [0.2, 0.25) is 0 Å². The highest BCUT2D eigenvalue weighted by atomic mass is 79.9. The Kier molecular flexibility index (Phi) is 3.34. The lowest BCUT2D eigenvalue weighted by Gasteiger charge is -2.03. The number of nitrogens with two attached hydrogens (primary N) is 1. The van der Waals surface area contributed by atoms with Crippen LogP contribution in [-0.2, 0) is 0 Å².